The topological polar surface area (TPSA) is 301 Å². The van der Waals surface area contributed by atoms with Crippen molar-refractivity contribution < 1.29 is 43.4 Å². The van der Waals surface area contributed by atoms with Crippen molar-refractivity contribution in [2.75, 3.05) is 13.1 Å². The van der Waals surface area contributed by atoms with Gasteiger partial charge in [0, 0.05) is 31.5 Å². The van der Waals surface area contributed by atoms with Gasteiger partial charge in [0.05, 0.1) is 12.1 Å². The summed E-state index contributed by atoms with van der Waals surface area (Å²) in [5.41, 5.74) is 16.3. The molecule has 1 aromatic heterocycles. The van der Waals surface area contributed by atoms with Crippen LogP contribution in [0.4, 0.5) is 9.59 Å². The second-order valence-corrected chi connectivity index (χ2v) is 14.2. The van der Waals surface area contributed by atoms with Gasteiger partial charge in [-0.1, -0.05) is 32.0 Å². The number of azide groups is 1. The highest BCUT2D eigenvalue weighted by Crippen LogP contribution is 2.24. The molecule has 2 aromatic rings. The summed E-state index contributed by atoms with van der Waals surface area (Å²) in [5, 5.41) is 26.3. The first-order chi connectivity index (χ1) is 25.8. The van der Waals surface area contributed by atoms with E-state index in [9.17, 15) is 38.7 Å². The van der Waals surface area contributed by atoms with E-state index in [4.69, 9.17) is 16.0 Å². The lowest BCUT2D eigenvalue weighted by molar-refractivity contribution is -0.142. The number of urea groups is 1. The van der Waals surface area contributed by atoms with Crippen molar-refractivity contribution >= 4 is 52.6 Å². The van der Waals surface area contributed by atoms with Crippen LogP contribution in [0, 0.1) is 5.92 Å². The summed E-state index contributed by atoms with van der Waals surface area (Å²) in [5.74, 6) is -4.62. The first kappa shape index (κ1) is 45.1. The molecule has 20 heteroatoms. The average Bonchev–Trinajstić information content (AvgIpc) is 3.46. The van der Waals surface area contributed by atoms with Crippen LogP contribution in [0.1, 0.15) is 79.2 Å². The Balaban J connectivity index is 2.36. The Hall–Kier alpha value is -6.04. The van der Waals surface area contributed by atoms with Gasteiger partial charge in [-0.05, 0) is 75.6 Å². The smallest absolute Gasteiger partial charge is 0.419 e. The van der Waals surface area contributed by atoms with Crippen molar-refractivity contribution in [3.05, 3.63) is 46.5 Å². The average molecular weight is 772 g/mol. The number of para-hydroxylation sites is 1. The number of fused-ring (bicyclic) bond motifs is 1. The molecule has 0 saturated carbocycles. The number of nitrogens with two attached hydrogens (primary N) is 1. The molecule has 9 N–H and O–H groups in total. The van der Waals surface area contributed by atoms with Gasteiger partial charge in [0.1, 0.15) is 29.8 Å². The number of primary amides is 1. The van der Waals surface area contributed by atoms with Gasteiger partial charge in [-0.2, -0.15) is 4.91 Å². The lowest BCUT2D eigenvalue weighted by Crippen LogP contribution is -2.59. The van der Waals surface area contributed by atoms with E-state index in [1.54, 1.807) is 58.9 Å². The van der Waals surface area contributed by atoms with Gasteiger partial charge in [0.25, 0.3) is 0 Å². The van der Waals surface area contributed by atoms with Crippen LogP contribution in [0.2, 0.25) is 0 Å². The van der Waals surface area contributed by atoms with E-state index in [0.717, 1.165) is 0 Å². The maximum Gasteiger partial charge on any atom is 0.419 e. The molecule has 0 aliphatic rings. The number of ether oxygens (including phenoxy) is 1. The molecule has 0 aliphatic carbocycles. The Bertz CT molecular complexity index is 1730. The van der Waals surface area contributed by atoms with Crippen molar-refractivity contribution in [1.29, 1.82) is 0 Å². The molecule has 0 unspecified atom stereocenters. The fourth-order valence-electron chi connectivity index (χ4n) is 5.55. The van der Waals surface area contributed by atoms with E-state index < -0.39 is 77.4 Å². The summed E-state index contributed by atoms with van der Waals surface area (Å²) in [7, 11) is 0. The van der Waals surface area contributed by atoms with E-state index in [1.165, 1.54) is 17.7 Å². The molecule has 302 valence electrons. The molecule has 6 amide bonds. The number of hydrogen-bond donors (Lipinski definition) is 8. The van der Waals surface area contributed by atoms with Crippen LogP contribution in [0.25, 0.3) is 21.3 Å². The summed E-state index contributed by atoms with van der Waals surface area (Å²) in [6.45, 7) is 10.1. The molecule has 2 rings (SSSR count). The second kappa shape index (κ2) is 21.6. The van der Waals surface area contributed by atoms with Gasteiger partial charge >= 0.3 is 18.1 Å². The number of carboxylic acid groups (broad SMARTS) is 1. The third-order valence-electron chi connectivity index (χ3n) is 8.11. The van der Waals surface area contributed by atoms with Gasteiger partial charge in [0.2, 0.25) is 23.6 Å². The molecule has 1 aromatic carbocycles. The number of unbranched alkanes of at least 4 members (excludes halogenated alkanes) is 1. The monoisotopic (exact) mass is 771 g/mol. The van der Waals surface area contributed by atoms with Gasteiger partial charge in [-0.3, -0.25) is 29.2 Å². The van der Waals surface area contributed by atoms with Crippen molar-refractivity contribution in [3.63, 3.8) is 0 Å². The highest BCUT2D eigenvalue weighted by atomic mass is 16.6. The SMILES string of the molecule is CC(=O)N[C@@H](Cc1cn(C(=O)OC(C)(C)C)c2ccccc12)C(=O)N[C@@H](CCCCNN=[N+]=[N-])C(=O)N[C@H](C(=O)N[C@@H](CCCNC(N)=O)C(=O)O)C(C)C. The third kappa shape index (κ3) is 15.5. The first-order valence-corrected chi connectivity index (χ1v) is 17.9. The van der Waals surface area contributed by atoms with Crippen molar-refractivity contribution in [2.45, 2.75) is 110 Å². The molecule has 0 aliphatic heterocycles. The van der Waals surface area contributed by atoms with Crippen LogP contribution in [-0.2, 0) is 35.1 Å². The number of carbonyl (C=O) groups is 7. The molecule has 55 heavy (non-hydrogen) atoms. The molecule has 0 fully saturated rings. The lowest BCUT2D eigenvalue weighted by atomic mass is 10.00. The van der Waals surface area contributed by atoms with Crippen molar-refractivity contribution in [3.8, 4) is 0 Å². The number of amides is 6. The molecule has 0 spiro atoms. The number of nitrogens with one attached hydrogen (secondary N) is 6. The highest BCUT2D eigenvalue weighted by molar-refractivity contribution is 5.96. The molecule has 4 atom stereocenters. The Morgan fingerprint density at radius 3 is 2.13 bits per heavy atom. The molecular formula is C35H53N11O9. The van der Waals surface area contributed by atoms with Crippen LogP contribution in [0.5, 0.6) is 0 Å². The summed E-state index contributed by atoms with van der Waals surface area (Å²) >= 11 is 0. The number of rotatable bonds is 21. The summed E-state index contributed by atoms with van der Waals surface area (Å²) in [4.78, 5) is 92.0. The minimum Gasteiger partial charge on any atom is -0.480 e. The van der Waals surface area contributed by atoms with E-state index in [-0.39, 0.29) is 38.8 Å². The quantitative estimate of drug-likeness (QED) is 0.0300. The number of nitrogens with zero attached hydrogens (tertiary/aromatic N) is 4. The maximum atomic E-state index is 13.9. The fraction of sp³-hybridized carbons (Fsp3) is 0.571. The minimum atomic E-state index is -1.33. The summed E-state index contributed by atoms with van der Waals surface area (Å²) < 4.78 is 6.89. The fourth-order valence-corrected chi connectivity index (χ4v) is 5.55. The van der Waals surface area contributed by atoms with Crippen LogP contribution >= 0.6 is 0 Å². The number of benzene rings is 1. The van der Waals surface area contributed by atoms with E-state index in [1.807, 2.05) is 0 Å². The van der Waals surface area contributed by atoms with Crippen molar-refractivity contribution in [2.24, 2.45) is 16.9 Å². The standard InChI is InChI=1S/C35H53N11O9/c1-20(2)28(31(50)42-25(32(51)52)14-11-16-38-33(36)53)43-29(48)24(13-9-10-17-39-45-44-37)41-30(49)26(40-21(3)47)18-22-19-46(34(54)55-35(4,5)6)27-15-8-7-12-23(22)27/h7-8,12,15,19-20,24-26,28,39H,9-11,13-14,16-18H2,1-6H3,(H,40,47)(H,41,49)(H,42,50)(H,43,48)(H,51,52)(H3,36,38,53)/t24-,25-,26-,28-/m0/s1. The molecular weight excluding hydrogens is 718 g/mol. The maximum absolute atomic E-state index is 13.9. The molecule has 0 bridgehead atoms. The molecule has 0 saturated heterocycles. The third-order valence-corrected chi connectivity index (χ3v) is 8.11. The Morgan fingerprint density at radius 1 is 0.891 bits per heavy atom. The van der Waals surface area contributed by atoms with Crippen LogP contribution in [0.3, 0.4) is 0 Å². The van der Waals surface area contributed by atoms with E-state index in [2.05, 4.69) is 42.1 Å². The Morgan fingerprint density at radius 2 is 1.53 bits per heavy atom. The zero-order valence-electron chi connectivity index (χ0n) is 32.0. The second-order valence-electron chi connectivity index (χ2n) is 14.2. The summed E-state index contributed by atoms with van der Waals surface area (Å²) in [6, 6.07) is 1.23. The lowest BCUT2D eigenvalue weighted by Gasteiger charge is -2.27. The number of aliphatic carboxylic acids is 1. The van der Waals surface area contributed by atoms with Gasteiger partial charge in [-0.15, -0.1) is 5.53 Å². The van der Waals surface area contributed by atoms with E-state index >= 15 is 0 Å². The van der Waals surface area contributed by atoms with Gasteiger partial charge in [-0.25, -0.2) is 14.4 Å². The zero-order chi connectivity index (χ0) is 41.3. The molecule has 1 heterocycles. The Kier molecular flexibility index (Phi) is 17.7. The molecule has 0 radical (unpaired) electrons. The Labute approximate surface area is 318 Å². The van der Waals surface area contributed by atoms with Crippen LogP contribution in [0.15, 0.2) is 35.7 Å². The minimum absolute atomic E-state index is 0.0380. The number of hydrogen-bond acceptors (Lipinski definition) is 9. The zero-order valence-corrected chi connectivity index (χ0v) is 32.0. The number of carbonyl (C=O) groups excluding carboxylic acids is 6. The normalized spacial score (nSPS) is 13.3. The first-order valence-electron chi connectivity index (χ1n) is 17.9. The largest absolute Gasteiger partial charge is 0.480 e. The van der Waals surface area contributed by atoms with E-state index in [0.29, 0.717) is 29.3 Å². The van der Waals surface area contributed by atoms with Crippen molar-refractivity contribution in [1.82, 2.24) is 36.6 Å². The predicted octanol–water partition coefficient (Wildman–Crippen LogP) is 2.10. The molecule has 20 nitrogen and oxygen atoms in total. The van der Waals surface area contributed by atoms with Crippen LogP contribution < -0.4 is 37.7 Å². The summed E-state index contributed by atoms with van der Waals surface area (Å²) in [6.07, 6.45) is 1.82. The number of carboxylic acids is 1. The van der Waals surface area contributed by atoms with Crippen LogP contribution in [-0.4, -0.2) is 94.3 Å². The highest BCUT2D eigenvalue weighted by Gasteiger charge is 2.33. The van der Waals surface area contributed by atoms with Gasteiger partial charge < -0.3 is 42.2 Å². The van der Waals surface area contributed by atoms with Gasteiger partial charge in [0.15, 0.2) is 0 Å². The predicted molar refractivity (Wildman–Crippen MR) is 201 cm³/mol. The number of aromatic nitrogens is 1.